The third-order valence-corrected chi connectivity index (χ3v) is 4.72. The lowest BCUT2D eigenvalue weighted by atomic mass is 10.2. The topological polar surface area (TPSA) is 82.8 Å². The first-order valence-corrected chi connectivity index (χ1v) is 8.36. The number of non-ortho nitro benzene ring substituents is 1. The summed E-state index contributed by atoms with van der Waals surface area (Å²) in [6.07, 6.45) is 3.71. The molecule has 128 valence electrons. The fourth-order valence-electron chi connectivity index (χ4n) is 3.31. The Balaban J connectivity index is 1.46. The number of piperazine rings is 1. The lowest BCUT2D eigenvalue weighted by molar-refractivity contribution is -0.923. The first kappa shape index (κ1) is 15.5. The number of hydrogen-bond acceptors (Lipinski definition) is 4. The predicted octanol–water partition coefficient (Wildman–Crippen LogP) is 0.121. The van der Waals surface area contributed by atoms with Gasteiger partial charge in [0.1, 0.15) is 26.2 Å². The Morgan fingerprint density at radius 2 is 2.08 bits per heavy atom. The summed E-state index contributed by atoms with van der Waals surface area (Å²) in [5, 5.41) is 16.4. The van der Waals surface area contributed by atoms with Crippen molar-refractivity contribution in [2.45, 2.75) is 6.67 Å². The van der Waals surface area contributed by atoms with E-state index in [0.717, 1.165) is 49.6 Å². The minimum Gasteiger partial charge on any atom is -0.310 e. The Labute approximate surface area is 144 Å². The van der Waals surface area contributed by atoms with Gasteiger partial charge in [0.2, 0.25) is 0 Å². The normalized spacial score (nSPS) is 15.6. The number of nitro groups is 1. The summed E-state index contributed by atoms with van der Waals surface area (Å²) >= 11 is 0. The van der Waals surface area contributed by atoms with Crippen LogP contribution in [0.5, 0.6) is 0 Å². The van der Waals surface area contributed by atoms with Gasteiger partial charge in [0, 0.05) is 23.6 Å². The van der Waals surface area contributed by atoms with Crippen molar-refractivity contribution in [1.29, 1.82) is 0 Å². The molecular weight excluding hydrogens is 320 g/mol. The number of aromatic nitrogens is 3. The molecule has 1 aliphatic heterocycles. The summed E-state index contributed by atoms with van der Waals surface area (Å²) in [7, 11) is 0. The van der Waals surface area contributed by atoms with Crippen molar-refractivity contribution >= 4 is 22.4 Å². The van der Waals surface area contributed by atoms with Crippen LogP contribution in [-0.2, 0) is 6.67 Å². The van der Waals surface area contributed by atoms with Crippen molar-refractivity contribution in [3.05, 3.63) is 58.9 Å². The van der Waals surface area contributed by atoms with Gasteiger partial charge in [0.25, 0.3) is 11.5 Å². The molecule has 0 amide bonds. The molecule has 0 saturated carbocycles. The molecular formula is C17H20N6O2+2. The summed E-state index contributed by atoms with van der Waals surface area (Å²) in [6, 6.07) is 11.0. The minimum absolute atomic E-state index is 0.105. The number of anilines is 1. The van der Waals surface area contributed by atoms with Gasteiger partial charge in [-0.3, -0.25) is 15.0 Å². The van der Waals surface area contributed by atoms with E-state index in [2.05, 4.69) is 21.0 Å². The first-order valence-electron chi connectivity index (χ1n) is 8.36. The van der Waals surface area contributed by atoms with Crippen molar-refractivity contribution in [1.82, 2.24) is 9.78 Å². The molecule has 0 radical (unpaired) electrons. The number of quaternary nitrogens is 1. The SMILES string of the molecule is O=[N+]([O-])c1ccc2cnn(C[NH+]3CCN(c4cccc[nH+]4)CC3)c2c1. The van der Waals surface area contributed by atoms with E-state index in [9.17, 15) is 10.1 Å². The quantitative estimate of drug-likeness (QED) is 0.540. The van der Waals surface area contributed by atoms with Crippen LogP contribution >= 0.6 is 0 Å². The van der Waals surface area contributed by atoms with Gasteiger partial charge in [0.05, 0.1) is 22.8 Å². The van der Waals surface area contributed by atoms with Crippen LogP contribution in [0.2, 0.25) is 0 Å². The van der Waals surface area contributed by atoms with Crippen LogP contribution in [0.1, 0.15) is 0 Å². The molecule has 8 heteroatoms. The maximum atomic E-state index is 11.0. The number of benzene rings is 1. The van der Waals surface area contributed by atoms with E-state index >= 15 is 0 Å². The van der Waals surface area contributed by atoms with Crippen molar-refractivity contribution in [2.75, 3.05) is 31.1 Å². The number of nitrogens with zero attached hydrogens (tertiary/aromatic N) is 4. The van der Waals surface area contributed by atoms with Gasteiger partial charge in [-0.2, -0.15) is 5.10 Å². The molecule has 2 aromatic heterocycles. The van der Waals surface area contributed by atoms with Gasteiger partial charge in [-0.25, -0.2) is 9.67 Å². The molecule has 0 atom stereocenters. The number of hydrogen-bond donors (Lipinski definition) is 1. The van der Waals surface area contributed by atoms with E-state index in [-0.39, 0.29) is 10.6 Å². The van der Waals surface area contributed by atoms with Gasteiger partial charge in [0.15, 0.2) is 6.67 Å². The summed E-state index contributed by atoms with van der Waals surface area (Å²) in [4.78, 5) is 17.7. The molecule has 3 heterocycles. The standard InChI is InChI=1S/C17H18N6O2/c24-23(25)15-5-4-14-12-19-22(16(14)11-15)13-20-7-9-21(10-8-20)17-3-1-2-6-18-17/h1-6,11-12H,7-10,13H2/p+2. The summed E-state index contributed by atoms with van der Waals surface area (Å²) in [5.41, 5.74) is 0.925. The molecule has 1 fully saturated rings. The highest BCUT2D eigenvalue weighted by molar-refractivity contribution is 5.80. The van der Waals surface area contributed by atoms with E-state index in [1.54, 1.807) is 18.3 Å². The predicted molar refractivity (Wildman–Crippen MR) is 92.3 cm³/mol. The fourth-order valence-corrected chi connectivity index (χ4v) is 3.31. The van der Waals surface area contributed by atoms with Crippen LogP contribution in [-0.4, -0.2) is 40.9 Å². The van der Waals surface area contributed by atoms with Crippen LogP contribution in [0.4, 0.5) is 11.5 Å². The van der Waals surface area contributed by atoms with E-state index in [0.29, 0.717) is 0 Å². The number of H-pyrrole nitrogens is 1. The molecule has 1 aromatic carbocycles. The zero-order valence-corrected chi connectivity index (χ0v) is 13.8. The highest BCUT2D eigenvalue weighted by Gasteiger charge is 2.26. The van der Waals surface area contributed by atoms with Gasteiger partial charge in [-0.05, 0) is 12.1 Å². The van der Waals surface area contributed by atoms with Crippen LogP contribution in [0.15, 0.2) is 48.8 Å². The number of nitro benzene ring substituents is 1. The fraction of sp³-hybridized carbons (Fsp3) is 0.294. The second-order valence-corrected chi connectivity index (χ2v) is 6.29. The van der Waals surface area contributed by atoms with E-state index < -0.39 is 0 Å². The molecule has 0 aliphatic carbocycles. The monoisotopic (exact) mass is 340 g/mol. The average Bonchev–Trinajstić information content (AvgIpc) is 3.05. The van der Waals surface area contributed by atoms with Crippen LogP contribution in [0, 0.1) is 10.1 Å². The highest BCUT2D eigenvalue weighted by Crippen LogP contribution is 2.20. The van der Waals surface area contributed by atoms with E-state index in [1.165, 1.54) is 11.0 Å². The largest absolute Gasteiger partial charge is 0.310 e. The Kier molecular flexibility index (Phi) is 4.02. The minimum atomic E-state index is -0.362. The maximum Gasteiger partial charge on any atom is 0.274 e. The molecule has 8 nitrogen and oxygen atoms in total. The molecule has 3 aromatic rings. The highest BCUT2D eigenvalue weighted by atomic mass is 16.6. The Bertz CT molecular complexity index is 887. The second-order valence-electron chi connectivity index (χ2n) is 6.29. The van der Waals surface area contributed by atoms with Crippen molar-refractivity contribution in [2.24, 2.45) is 0 Å². The van der Waals surface area contributed by atoms with Gasteiger partial charge in [-0.1, -0.05) is 6.07 Å². The molecule has 1 aliphatic rings. The molecule has 1 saturated heterocycles. The van der Waals surface area contributed by atoms with Gasteiger partial charge >= 0.3 is 0 Å². The molecule has 4 rings (SSSR count). The lowest BCUT2D eigenvalue weighted by Crippen LogP contribution is -3.14. The number of fused-ring (bicyclic) bond motifs is 1. The number of nitrogens with one attached hydrogen (secondary N) is 2. The lowest BCUT2D eigenvalue weighted by Gasteiger charge is -2.28. The zero-order chi connectivity index (χ0) is 17.2. The summed E-state index contributed by atoms with van der Waals surface area (Å²) < 4.78 is 1.88. The van der Waals surface area contributed by atoms with Crippen LogP contribution in [0.25, 0.3) is 10.9 Å². The molecule has 0 spiro atoms. The maximum absolute atomic E-state index is 11.0. The Morgan fingerprint density at radius 1 is 1.24 bits per heavy atom. The van der Waals surface area contributed by atoms with Gasteiger partial charge in [-0.15, -0.1) is 0 Å². The van der Waals surface area contributed by atoms with E-state index in [4.69, 9.17) is 0 Å². The molecule has 2 N–H and O–H groups in total. The smallest absolute Gasteiger partial charge is 0.274 e. The van der Waals surface area contributed by atoms with E-state index in [1.807, 2.05) is 23.0 Å². The molecule has 0 unspecified atom stereocenters. The number of aromatic amines is 1. The van der Waals surface area contributed by atoms with Crippen molar-refractivity contribution in [3.8, 4) is 0 Å². The first-order chi connectivity index (χ1) is 12.2. The summed E-state index contributed by atoms with van der Waals surface area (Å²) in [6.45, 7) is 4.65. The van der Waals surface area contributed by atoms with Crippen molar-refractivity contribution < 1.29 is 14.8 Å². The van der Waals surface area contributed by atoms with Crippen molar-refractivity contribution in [3.63, 3.8) is 0 Å². The third-order valence-electron chi connectivity index (χ3n) is 4.72. The Morgan fingerprint density at radius 3 is 2.80 bits per heavy atom. The third kappa shape index (κ3) is 3.16. The van der Waals surface area contributed by atoms with Crippen LogP contribution in [0.3, 0.4) is 0 Å². The van der Waals surface area contributed by atoms with Gasteiger partial charge < -0.3 is 4.90 Å². The second kappa shape index (κ2) is 6.48. The Hall–Kier alpha value is -3.00. The number of rotatable bonds is 4. The zero-order valence-electron chi connectivity index (χ0n) is 13.8. The number of pyridine rings is 1. The summed E-state index contributed by atoms with van der Waals surface area (Å²) in [5.74, 6) is 1.14. The average molecular weight is 340 g/mol. The van der Waals surface area contributed by atoms with Crippen LogP contribution < -0.4 is 14.8 Å². The molecule has 0 bridgehead atoms. The molecule has 25 heavy (non-hydrogen) atoms.